The van der Waals surface area contributed by atoms with Crippen molar-refractivity contribution in [2.45, 2.75) is 32.6 Å². The number of carboxylic acids is 1. The Hall–Kier alpha value is -1.35. The standard InChI is InChI=1S/C15H20O3/c1-10-4-5-11(2)13(6-10)15(8-18-9-15)7-12(3)14(16)17/h4-6,12H,7-9H2,1-3H3,(H,16,17). The van der Waals surface area contributed by atoms with Crippen molar-refractivity contribution in [3.8, 4) is 0 Å². The monoisotopic (exact) mass is 248 g/mol. The van der Waals surface area contributed by atoms with Crippen molar-refractivity contribution < 1.29 is 14.6 Å². The number of benzene rings is 1. The molecular weight excluding hydrogens is 228 g/mol. The Morgan fingerprint density at radius 3 is 2.61 bits per heavy atom. The molecule has 1 aliphatic heterocycles. The lowest BCUT2D eigenvalue weighted by atomic mass is 9.71. The number of carbonyl (C=O) groups is 1. The lowest BCUT2D eigenvalue weighted by molar-refractivity contribution is -0.144. The minimum absolute atomic E-state index is 0.103. The molecule has 1 atom stereocenters. The Balaban J connectivity index is 2.32. The summed E-state index contributed by atoms with van der Waals surface area (Å²) < 4.78 is 5.38. The molecule has 0 spiro atoms. The molecule has 1 heterocycles. The van der Waals surface area contributed by atoms with Crippen molar-refractivity contribution in [2.24, 2.45) is 5.92 Å². The Morgan fingerprint density at radius 2 is 2.11 bits per heavy atom. The molecule has 0 radical (unpaired) electrons. The number of hydrogen-bond donors (Lipinski definition) is 1. The van der Waals surface area contributed by atoms with E-state index in [-0.39, 0.29) is 11.3 Å². The Morgan fingerprint density at radius 1 is 1.44 bits per heavy atom. The van der Waals surface area contributed by atoms with Crippen molar-refractivity contribution in [3.05, 3.63) is 34.9 Å². The molecule has 3 heteroatoms. The SMILES string of the molecule is Cc1ccc(C)c(C2(CC(C)C(=O)O)COC2)c1. The van der Waals surface area contributed by atoms with Crippen LogP contribution in [-0.2, 0) is 14.9 Å². The van der Waals surface area contributed by atoms with E-state index in [2.05, 4.69) is 32.0 Å². The first-order valence-electron chi connectivity index (χ1n) is 6.33. The average molecular weight is 248 g/mol. The number of ether oxygens (including phenoxy) is 1. The highest BCUT2D eigenvalue weighted by Crippen LogP contribution is 2.40. The van der Waals surface area contributed by atoms with Crippen molar-refractivity contribution >= 4 is 5.97 Å². The molecule has 0 bridgehead atoms. The molecule has 1 unspecified atom stereocenters. The maximum absolute atomic E-state index is 11.1. The number of aliphatic carboxylic acids is 1. The maximum atomic E-state index is 11.1. The van der Waals surface area contributed by atoms with Crippen LogP contribution in [0.4, 0.5) is 0 Å². The Kier molecular flexibility index (Phi) is 3.44. The number of carboxylic acid groups (broad SMARTS) is 1. The van der Waals surface area contributed by atoms with Crippen molar-refractivity contribution in [3.63, 3.8) is 0 Å². The van der Waals surface area contributed by atoms with Gasteiger partial charge in [-0.3, -0.25) is 4.79 Å². The lowest BCUT2D eigenvalue weighted by Gasteiger charge is -2.44. The predicted molar refractivity (Wildman–Crippen MR) is 69.8 cm³/mol. The first-order valence-corrected chi connectivity index (χ1v) is 6.33. The molecular formula is C15H20O3. The third-order valence-electron chi connectivity index (χ3n) is 3.84. The molecule has 0 amide bonds. The van der Waals surface area contributed by atoms with Gasteiger partial charge in [0.2, 0.25) is 0 Å². The summed E-state index contributed by atoms with van der Waals surface area (Å²) in [5.41, 5.74) is 3.58. The normalized spacial score (nSPS) is 19.1. The highest BCUT2D eigenvalue weighted by Gasteiger charge is 2.43. The molecule has 1 N–H and O–H groups in total. The van der Waals surface area contributed by atoms with Crippen molar-refractivity contribution in [2.75, 3.05) is 13.2 Å². The first kappa shape index (κ1) is 13.1. The Bertz CT molecular complexity index is 461. The summed E-state index contributed by atoms with van der Waals surface area (Å²) in [4.78, 5) is 11.1. The summed E-state index contributed by atoms with van der Waals surface area (Å²) in [6, 6.07) is 6.37. The summed E-state index contributed by atoms with van der Waals surface area (Å²) in [6.45, 7) is 7.19. The van der Waals surface area contributed by atoms with Gasteiger partial charge in [0.25, 0.3) is 0 Å². The Labute approximate surface area is 108 Å². The highest BCUT2D eigenvalue weighted by atomic mass is 16.5. The fraction of sp³-hybridized carbons (Fsp3) is 0.533. The third-order valence-corrected chi connectivity index (χ3v) is 3.84. The van der Waals surface area contributed by atoms with Crippen LogP contribution in [-0.4, -0.2) is 24.3 Å². The minimum Gasteiger partial charge on any atom is -0.481 e. The van der Waals surface area contributed by atoms with Crippen LogP contribution in [0, 0.1) is 19.8 Å². The van der Waals surface area contributed by atoms with E-state index in [1.165, 1.54) is 16.7 Å². The maximum Gasteiger partial charge on any atom is 0.306 e. The van der Waals surface area contributed by atoms with E-state index in [4.69, 9.17) is 9.84 Å². The topological polar surface area (TPSA) is 46.5 Å². The van der Waals surface area contributed by atoms with Gasteiger partial charge in [-0.25, -0.2) is 0 Å². The average Bonchev–Trinajstić information content (AvgIpc) is 2.26. The second-order valence-electron chi connectivity index (χ2n) is 5.53. The van der Waals surface area contributed by atoms with E-state index in [0.29, 0.717) is 19.6 Å². The third kappa shape index (κ3) is 2.27. The predicted octanol–water partition coefficient (Wildman–Crippen LogP) is 2.68. The quantitative estimate of drug-likeness (QED) is 0.891. The number of rotatable bonds is 4. The van der Waals surface area contributed by atoms with Crippen LogP contribution < -0.4 is 0 Å². The van der Waals surface area contributed by atoms with Crippen LogP contribution >= 0.6 is 0 Å². The molecule has 18 heavy (non-hydrogen) atoms. The van der Waals surface area contributed by atoms with E-state index >= 15 is 0 Å². The van der Waals surface area contributed by atoms with Gasteiger partial charge >= 0.3 is 5.97 Å². The van der Waals surface area contributed by atoms with Gasteiger partial charge in [0.15, 0.2) is 0 Å². The second-order valence-corrected chi connectivity index (χ2v) is 5.53. The molecule has 1 aromatic rings. The summed E-state index contributed by atoms with van der Waals surface area (Å²) in [6.07, 6.45) is 0.645. The van der Waals surface area contributed by atoms with Gasteiger partial charge in [-0.05, 0) is 31.4 Å². The zero-order chi connectivity index (χ0) is 13.3. The van der Waals surface area contributed by atoms with E-state index < -0.39 is 5.97 Å². The summed E-state index contributed by atoms with van der Waals surface area (Å²) in [5.74, 6) is -1.07. The molecule has 2 rings (SSSR count). The van der Waals surface area contributed by atoms with E-state index in [9.17, 15) is 4.79 Å². The molecule has 1 saturated heterocycles. The minimum atomic E-state index is -0.730. The van der Waals surface area contributed by atoms with Crippen molar-refractivity contribution in [1.82, 2.24) is 0 Å². The molecule has 0 aromatic heterocycles. The number of hydrogen-bond acceptors (Lipinski definition) is 2. The van der Waals surface area contributed by atoms with E-state index in [1.54, 1.807) is 6.92 Å². The van der Waals surface area contributed by atoms with Crippen LogP contribution in [0.15, 0.2) is 18.2 Å². The van der Waals surface area contributed by atoms with Gasteiger partial charge < -0.3 is 9.84 Å². The fourth-order valence-corrected chi connectivity index (χ4v) is 2.71. The van der Waals surface area contributed by atoms with Crippen LogP contribution in [0.2, 0.25) is 0 Å². The largest absolute Gasteiger partial charge is 0.481 e. The van der Waals surface area contributed by atoms with Crippen LogP contribution in [0.3, 0.4) is 0 Å². The smallest absolute Gasteiger partial charge is 0.306 e. The van der Waals surface area contributed by atoms with Gasteiger partial charge in [-0.2, -0.15) is 0 Å². The molecule has 98 valence electrons. The van der Waals surface area contributed by atoms with Crippen LogP contribution in [0.25, 0.3) is 0 Å². The van der Waals surface area contributed by atoms with Gasteiger partial charge in [-0.1, -0.05) is 30.7 Å². The summed E-state index contributed by atoms with van der Waals surface area (Å²) in [7, 11) is 0. The molecule has 1 aliphatic rings. The second kappa shape index (κ2) is 4.73. The van der Waals surface area contributed by atoms with E-state index in [0.717, 1.165) is 0 Å². The lowest BCUT2D eigenvalue weighted by Crippen LogP contribution is -2.49. The first-order chi connectivity index (χ1) is 8.44. The molecule has 1 fully saturated rings. The summed E-state index contributed by atoms with van der Waals surface area (Å²) in [5, 5.41) is 9.09. The number of aryl methyl sites for hydroxylation is 2. The zero-order valence-electron chi connectivity index (χ0n) is 11.2. The summed E-state index contributed by atoms with van der Waals surface area (Å²) >= 11 is 0. The fourth-order valence-electron chi connectivity index (χ4n) is 2.71. The van der Waals surface area contributed by atoms with Gasteiger partial charge in [0.1, 0.15) is 0 Å². The van der Waals surface area contributed by atoms with E-state index in [1.807, 2.05) is 0 Å². The van der Waals surface area contributed by atoms with Crippen LogP contribution in [0.1, 0.15) is 30.0 Å². The van der Waals surface area contributed by atoms with Gasteiger partial charge in [0, 0.05) is 5.41 Å². The van der Waals surface area contributed by atoms with Gasteiger partial charge in [0.05, 0.1) is 19.1 Å². The van der Waals surface area contributed by atoms with Gasteiger partial charge in [-0.15, -0.1) is 0 Å². The van der Waals surface area contributed by atoms with Crippen LogP contribution in [0.5, 0.6) is 0 Å². The van der Waals surface area contributed by atoms with Crippen molar-refractivity contribution in [1.29, 1.82) is 0 Å². The molecule has 1 aromatic carbocycles. The molecule has 0 saturated carbocycles. The molecule has 0 aliphatic carbocycles. The highest BCUT2D eigenvalue weighted by molar-refractivity contribution is 5.69. The molecule has 3 nitrogen and oxygen atoms in total. The zero-order valence-corrected chi connectivity index (χ0v) is 11.2.